The number of fused-ring (bicyclic) bond motifs is 1. The maximum Gasteiger partial charge on any atom is 0.131 e. The number of aliphatic hydroxyl groups excluding tert-OH is 1. The highest BCUT2D eigenvalue weighted by Gasteiger charge is 2.21. The lowest BCUT2D eigenvalue weighted by Crippen LogP contribution is -2.09. The fraction of sp³-hybridized carbons (Fsp3) is 0.267. The quantitative estimate of drug-likeness (QED) is 0.736. The van der Waals surface area contributed by atoms with Crippen LogP contribution in [0.25, 0.3) is 10.1 Å². The average molecular weight is 369 g/mol. The molecule has 1 aromatic carbocycles. The van der Waals surface area contributed by atoms with Crippen LogP contribution in [0.5, 0.6) is 0 Å². The van der Waals surface area contributed by atoms with E-state index in [2.05, 4.69) is 28.0 Å². The number of halogens is 2. The van der Waals surface area contributed by atoms with Gasteiger partial charge in [0.05, 0.1) is 16.4 Å². The minimum atomic E-state index is -0.770. The summed E-state index contributed by atoms with van der Waals surface area (Å²) in [5, 5.41) is 15.9. The number of hydrogen-bond acceptors (Lipinski definition) is 3. The highest BCUT2D eigenvalue weighted by molar-refractivity contribution is 9.10. The van der Waals surface area contributed by atoms with E-state index in [0.717, 1.165) is 38.1 Å². The number of hydrogen-bond donors (Lipinski definition) is 1. The SMILES string of the molecule is CCCn1ncc(Br)c1C(O)c1cc2ccc(F)cc2s1. The van der Waals surface area contributed by atoms with E-state index in [1.54, 1.807) is 16.9 Å². The van der Waals surface area contributed by atoms with Gasteiger partial charge in [0.25, 0.3) is 0 Å². The van der Waals surface area contributed by atoms with Crippen molar-refractivity contribution in [1.82, 2.24) is 9.78 Å². The molecule has 110 valence electrons. The van der Waals surface area contributed by atoms with Gasteiger partial charge in [-0.05, 0) is 45.9 Å². The molecule has 0 fully saturated rings. The molecular weight excluding hydrogens is 355 g/mol. The van der Waals surface area contributed by atoms with E-state index >= 15 is 0 Å². The second-order valence-corrected chi connectivity index (χ2v) is 6.80. The van der Waals surface area contributed by atoms with Gasteiger partial charge in [-0.3, -0.25) is 4.68 Å². The summed E-state index contributed by atoms with van der Waals surface area (Å²) in [6.45, 7) is 2.81. The zero-order chi connectivity index (χ0) is 15.0. The van der Waals surface area contributed by atoms with Gasteiger partial charge in [-0.25, -0.2) is 4.39 Å². The zero-order valence-corrected chi connectivity index (χ0v) is 13.8. The summed E-state index contributed by atoms with van der Waals surface area (Å²) in [4.78, 5) is 0.786. The second-order valence-electron chi connectivity index (χ2n) is 4.83. The summed E-state index contributed by atoms with van der Waals surface area (Å²) in [7, 11) is 0. The van der Waals surface area contributed by atoms with Crippen molar-refractivity contribution in [2.24, 2.45) is 0 Å². The van der Waals surface area contributed by atoms with Crippen LogP contribution in [0.15, 0.2) is 34.9 Å². The lowest BCUT2D eigenvalue weighted by molar-refractivity contribution is 0.210. The Kier molecular flexibility index (Phi) is 4.10. The van der Waals surface area contributed by atoms with Gasteiger partial charge in [0.1, 0.15) is 11.9 Å². The molecule has 3 rings (SSSR count). The predicted molar refractivity (Wildman–Crippen MR) is 86.1 cm³/mol. The first-order chi connectivity index (χ1) is 10.1. The van der Waals surface area contributed by atoms with Crippen LogP contribution < -0.4 is 0 Å². The number of aromatic nitrogens is 2. The highest BCUT2D eigenvalue weighted by Crippen LogP contribution is 2.36. The van der Waals surface area contributed by atoms with Gasteiger partial charge in [0.15, 0.2) is 0 Å². The molecule has 1 atom stereocenters. The van der Waals surface area contributed by atoms with Crippen molar-refractivity contribution in [3.63, 3.8) is 0 Å². The number of aryl methyl sites for hydroxylation is 1. The van der Waals surface area contributed by atoms with Crippen molar-refractivity contribution in [2.45, 2.75) is 26.0 Å². The van der Waals surface area contributed by atoms with Crippen LogP contribution >= 0.6 is 27.3 Å². The van der Waals surface area contributed by atoms with Crippen LogP contribution in [-0.4, -0.2) is 14.9 Å². The maximum absolute atomic E-state index is 13.3. The molecule has 0 aliphatic rings. The molecule has 3 aromatic rings. The Morgan fingerprint density at radius 2 is 2.24 bits per heavy atom. The fourth-order valence-electron chi connectivity index (χ4n) is 2.33. The molecule has 0 radical (unpaired) electrons. The molecule has 1 N–H and O–H groups in total. The topological polar surface area (TPSA) is 38.0 Å². The molecule has 1 unspecified atom stereocenters. The molecule has 0 spiro atoms. The number of nitrogens with zero attached hydrogens (tertiary/aromatic N) is 2. The summed E-state index contributed by atoms with van der Waals surface area (Å²) in [6.07, 6.45) is 1.86. The van der Waals surface area contributed by atoms with Gasteiger partial charge in [0, 0.05) is 16.1 Å². The first kappa shape index (κ1) is 14.7. The molecular formula is C15H14BrFN2OS. The van der Waals surface area contributed by atoms with Crippen molar-refractivity contribution in [3.05, 3.63) is 51.3 Å². The Morgan fingerprint density at radius 1 is 1.43 bits per heavy atom. The molecule has 0 aliphatic heterocycles. The Hall–Kier alpha value is -1.24. The van der Waals surface area contributed by atoms with Gasteiger partial charge in [-0.1, -0.05) is 13.0 Å². The first-order valence-electron chi connectivity index (χ1n) is 6.68. The maximum atomic E-state index is 13.3. The van der Waals surface area contributed by atoms with Crippen molar-refractivity contribution < 1.29 is 9.50 Å². The Bertz CT molecular complexity index is 783. The zero-order valence-electron chi connectivity index (χ0n) is 11.4. The van der Waals surface area contributed by atoms with Gasteiger partial charge in [-0.15, -0.1) is 11.3 Å². The van der Waals surface area contributed by atoms with Crippen molar-refractivity contribution in [1.29, 1.82) is 0 Å². The lowest BCUT2D eigenvalue weighted by atomic mass is 10.2. The molecule has 6 heteroatoms. The molecule has 2 aromatic heterocycles. The first-order valence-corrected chi connectivity index (χ1v) is 8.29. The lowest BCUT2D eigenvalue weighted by Gasteiger charge is -2.12. The number of rotatable bonds is 4. The highest BCUT2D eigenvalue weighted by atomic mass is 79.9. The van der Waals surface area contributed by atoms with Gasteiger partial charge in [0.2, 0.25) is 0 Å². The minimum Gasteiger partial charge on any atom is -0.381 e. The van der Waals surface area contributed by atoms with E-state index < -0.39 is 6.10 Å². The number of aliphatic hydroxyl groups is 1. The van der Waals surface area contributed by atoms with E-state index in [1.165, 1.54) is 23.5 Å². The van der Waals surface area contributed by atoms with E-state index in [4.69, 9.17) is 0 Å². The van der Waals surface area contributed by atoms with E-state index in [1.807, 2.05) is 6.07 Å². The summed E-state index contributed by atoms with van der Waals surface area (Å²) in [5.74, 6) is -0.261. The van der Waals surface area contributed by atoms with Crippen LogP contribution in [0.3, 0.4) is 0 Å². The minimum absolute atomic E-state index is 0.261. The summed E-state index contributed by atoms with van der Waals surface area (Å²) in [6, 6.07) is 6.56. The number of thiophene rings is 1. The van der Waals surface area contributed by atoms with Crippen LogP contribution in [-0.2, 0) is 6.54 Å². The summed E-state index contributed by atoms with van der Waals surface area (Å²) >= 11 is 4.84. The largest absolute Gasteiger partial charge is 0.381 e. The van der Waals surface area contributed by atoms with Crippen LogP contribution in [0, 0.1) is 5.82 Å². The summed E-state index contributed by atoms with van der Waals surface area (Å²) < 4.78 is 16.7. The average Bonchev–Trinajstić information content (AvgIpc) is 3.02. The van der Waals surface area contributed by atoms with Gasteiger partial charge < -0.3 is 5.11 Å². The molecule has 21 heavy (non-hydrogen) atoms. The van der Waals surface area contributed by atoms with E-state index in [9.17, 15) is 9.50 Å². The van der Waals surface area contributed by atoms with Crippen LogP contribution in [0.1, 0.15) is 30.0 Å². The van der Waals surface area contributed by atoms with E-state index in [0.29, 0.717) is 0 Å². The third kappa shape index (κ3) is 2.75. The predicted octanol–water partition coefficient (Wildman–Crippen LogP) is 4.49. The van der Waals surface area contributed by atoms with Crippen molar-refractivity contribution in [2.75, 3.05) is 0 Å². The molecule has 0 saturated heterocycles. The Morgan fingerprint density at radius 3 is 3.00 bits per heavy atom. The van der Waals surface area contributed by atoms with Crippen LogP contribution in [0.4, 0.5) is 4.39 Å². The molecule has 0 bridgehead atoms. The molecule has 3 nitrogen and oxygen atoms in total. The molecule has 0 amide bonds. The van der Waals surface area contributed by atoms with Crippen molar-refractivity contribution >= 4 is 37.4 Å². The van der Waals surface area contributed by atoms with Crippen molar-refractivity contribution in [3.8, 4) is 0 Å². The molecule has 0 aliphatic carbocycles. The molecule has 2 heterocycles. The van der Waals surface area contributed by atoms with E-state index in [-0.39, 0.29) is 5.82 Å². The second kappa shape index (κ2) is 5.87. The Labute approximate surface area is 134 Å². The number of benzene rings is 1. The third-order valence-electron chi connectivity index (χ3n) is 3.30. The normalized spacial score (nSPS) is 13.0. The molecule has 0 saturated carbocycles. The van der Waals surface area contributed by atoms with Crippen LogP contribution in [0.2, 0.25) is 0 Å². The Balaban J connectivity index is 2.03. The standard InChI is InChI=1S/C15H14BrFN2OS/c1-2-5-19-14(11(16)8-18-19)15(20)13-6-9-3-4-10(17)7-12(9)21-13/h3-4,6-8,15,20H,2,5H2,1H3. The smallest absolute Gasteiger partial charge is 0.131 e. The van der Waals surface area contributed by atoms with Gasteiger partial charge in [-0.2, -0.15) is 5.10 Å². The third-order valence-corrected chi connectivity index (χ3v) is 5.06. The monoisotopic (exact) mass is 368 g/mol. The summed E-state index contributed by atoms with van der Waals surface area (Å²) in [5.41, 5.74) is 0.740. The van der Waals surface area contributed by atoms with Gasteiger partial charge >= 0.3 is 0 Å². The fourth-order valence-corrected chi connectivity index (χ4v) is 3.92.